The fraction of sp³-hybridized carbons (Fsp3) is 0.200. The lowest BCUT2D eigenvalue weighted by atomic mass is 10.1. The van der Waals surface area contributed by atoms with Crippen LogP contribution in [0.4, 0.5) is 11.4 Å². The van der Waals surface area contributed by atoms with Crippen LogP contribution in [0, 0.1) is 20.8 Å². The maximum Gasteiger partial charge on any atom is 0.255 e. The van der Waals surface area contributed by atoms with Gasteiger partial charge >= 0.3 is 0 Å². The Morgan fingerprint density at radius 3 is 2.43 bits per heavy atom. The van der Waals surface area contributed by atoms with Gasteiger partial charge in [-0.05, 0) is 62.2 Å². The van der Waals surface area contributed by atoms with E-state index in [2.05, 4.69) is 18.3 Å². The van der Waals surface area contributed by atoms with Crippen LogP contribution < -0.4 is 10.2 Å². The Bertz CT molecular complexity index is 1110. The van der Waals surface area contributed by atoms with Crippen LogP contribution in [-0.2, 0) is 4.79 Å². The van der Waals surface area contributed by atoms with E-state index < -0.39 is 0 Å². The Labute approximate surface area is 181 Å². The van der Waals surface area contributed by atoms with Crippen LogP contribution in [0.1, 0.15) is 38.0 Å². The van der Waals surface area contributed by atoms with Crippen LogP contribution in [0.15, 0.2) is 66.7 Å². The zero-order valence-corrected chi connectivity index (χ0v) is 18.1. The van der Waals surface area contributed by atoms with Crippen LogP contribution in [0.3, 0.4) is 0 Å². The van der Waals surface area contributed by atoms with E-state index in [9.17, 15) is 9.59 Å². The summed E-state index contributed by atoms with van der Waals surface area (Å²) in [5, 5.41) is 2.86. The number of nitrogens with one attached hydrogen (secondary N) is 1. The number of thioether (sulfide) groups is 1. The Balaban J connectivity index is 1.60. The van der Waals surface area contributed by atoms with E-state index >= 15 is 0 Å². The maximum atomic E-state index is 12.7. The van der Waals surface area contributed by atoms with Crippen molar-refractivity contribution in [1.29, 1.82) is 0 Å². The Hall–Kier alpha value is -3.05. The molecule has 0 radical (unpaired) electrons. The summed E-state index contributed by atoms with van der Waals surface area (Å²) < 4.78 is 0. The second-order valence-electron chi connectivity index (χ2n) is 7.66. The van der Waals surface area contributed by atoms with E-state index in [1.54, 1.807) is 11.8 Å². The van der Waals surface area contributed by atoms with Crippen LogP contribution in [-0.4, -0.2) is 17.6 Å². The van der Waals surface area contributed by atoms with Crippen LogP contribution in [0.25, 0.3) is 0 Å². The highest BCUT2D eigenvalue weighted by molar-refractivity contribution is 8.00. The first-order valence-corrected chi connectivity index (χ1v) is 11.0. The summed E-state index contributed by atoms with van der Waals surface area (Å²) in [5.74, 6) is 0.400. The smallest absolute Gasteiger partial charge is 0.255 e. The molecule has 0 unspecified atom stereocenters. The van der Waals surface area contributed by atoms with Gasteiger partial charge in [0, 0.05) is 16.9 Å². The molecule has 2 amide bonds. The largest absolute Gasteiger partial charge is 0.322 e. The number of benzene rings is 3. The summed E-state index contributed by atoms with van der Waals surface area (Å²) in [6.45, 7) is 6.08. The van der Waals surface area contributed by atoms with E-state index in [-0.39, 0.29) is 17.2 Å². The van der Waals surface area contributed by atoms with Gasteiger partial charge in [0.1, 0.15) is 5.37 Å². The number of aryl methyl sites for hydroxylation is 3. The monoisotopic (exact) mass is 416 g/mol. The zero-order valence-electron chi connectivity index (χ0n) is 17.3. The first kappa shape index (κ1) is 20.2. The summed E-state index contributed by atoms with van der Waals surface area (Å²) in [7, 11) is 0. The van der Waals surface area contributed by atoms with Gasteiger partial charge in [0.25, 0.3) is 5.91 Å². The fourth-order valence-electron chi connectivity index (χ4n) is 3.68. The lowest BCUT2D eigenvalue weighted by Crippen LogP contribution is -2.28. The van der Waals surface area contributed by atoms with Crippen LogP contribution in [0.2, 0.25) is 0 Å². The Morgan fingerprint density at radius 2 is 1.70 bits per heavy atom. The molecule has 0 spiro atoms. The Kier molecular flexibility index (Phi) is 5.64. The molecule has 0 bridgehead atoms. The van der Waals surface area contributed by atoms with E-state index in [0.717, 1.165) is 28.1 Å². The second kappa shape index (κ2) is 8.36. The van der Waals surface area contributed by atoms with Gasteiger partial charge in [-0.25, -0.2) is 0 Å². The highest BCUT2D eigenvalue weighted by Crippen LogP contribution is 2.43. The second-order valence-corrected chi connectivity index (χ2v) is 8.73. The molecule has 1 saturated heterocycles. The van der Waals surface area contributed by atoms with Crippen molar-refractivity contribution in [3.05, 3.63) is 94.5 Å². The first-order valence-electron chi connectivity index (χ1n) is 9.91. The van der Waals surface area contributed by atoms with E-state index in [0.29, 0.717) is 11.3 Å². The molecule has 0 aromatic heterocycles. The van der Waals surface area contributed by atoms with Gasteiger partial charge in [0.2, 0.25) is 5.91 Å². The molecule has 4 rings (SSSR count). The predicted octanol–water partition coefficient (Wildman–Crippen LogP) is 5.64. The van der Waals surface area contributed by atoms with E-state index in [4.69, 9.17) is 0 Å². The van der Waals surface area contributed by atoms with Gasteiger partial charge in [-0.2, -0.15) is 0 Å². The summed E-state index contributed by atoms with van der Waals surface area (Å²) >= 11 is 1.61. The standard InChI is InChI=1S/C25H24N2O2S/c1-16-7-10-19(11-8-16)24(29)26-21-6-4-5-20(14-21)25-27(23(28)15-30-25)22-12-9-17(2)13-18(22)3/h4-14,25H,15H2,1-3H3,(H,26,29)/t25-/m1/s1. The predicted molar refractivity (Wildman–Crippen MR) is 124 cm³/mol. The zero-order chi connectivity index (χ0) is 21.3. The molecule has 4 nitrogen and oxygen atoms in total. The third kappa shape index (κ3) is 4.12. The summed E-state index contributed by atoms with van der Waals surface area (Å²) in [6.07, 6.45) is 0. The van der Waals surface area contributed by atoms with Gasteiger partial charge in [0.15, 0.2) is 0 Å². The highest BCUT2D eigenvalue weighted by atomic mass is 32.2. The molecular weight excluding hydrogens is 392 g/mol. The topological polar surface area (TPSA) is 49.4 Å². The van der Waals surface area contributed by atoms with E-state index in [1.807, 2.05) is 79.4 Å². The molecule has 3 aromatic carbocycles. The Morgan fingerprint density at radius 1 is 0.967 bits per heavy atom. The molecule has 1 atom stereocenters. The van der Waals surface area contributed by atoms with Crippen molar-refractivity contribution in [3.63, 3.8) is 0 Å². The average molecular weight is 417 g/mol. The molecule has 1 heterocycles. The number of carbonyl (C=O) groups excluding carboxylic acids is 2. The number of anilines is 2. The molecule has 152 valence electrons. The summed E-state index contributed by atoms with van der Waals surface area (Å²) in [6, 6.07) is 21.4. The quantitative estimate of drug-likeness (QED) is 0.598. The lowest BCUT2D eigenvalue weighted by molar-refractivity contribution is -0.115. The molecule has 0 aliphatic carbocycles. The SMILES string of the molecule is Cc1ccc(C(=O)Nc2cccc([C@H]3SCC(=O)N3c3ccc(C)cc3C)c2)cc1. The summed E-state index contributed by atoms with van der Waals surface area (Å²) in [5.41, 5.74) is 6.64. The molecule has 3 aromatic rings. The average Bonchev–Trinajstić information content (AvgIpc) is 3.10. The van der Waals surface area contributed by atoms with Crippen LogP contribution >= 0.6 is 11.8 Å². The number of hydrogen-bond acceptors (Lipinski definition) is 3. The minimum absolute atomic E-state index is 0.103. The van der Waals surface area contributed by atoms with Gasteiger partial charge in [-0.15, -0.1) is 11.8 Å². The number of amides is 2. The van der Waals surface area contributed by atoms with Gasteiger partial charge in [-0.1, -0.05) is 47.5 Å². The van der Waals surface area contributed by atoms with E-state index in [1.165, 1.54) is 5.56 Å². The molecule has 1 aliphatic rings. The van der Waals surface area contributed by atoms with Gasteiger partial charge in [0.05, 0.1) is 5.75 Å². The third-order valence-electron chi connectivity index (χ3n) is 5.22. The maximum absolute atomic E-state index is 12.7. The molecule has 0 saturated carbocycles. The molecular formula is C25H24N2O2S. The fourth-order valence-corrected chi connectivity index (χ4v) is 4.84. The number of carbonyl (C=O) groups is 2. The first-order chi connectivity index (χ1) is 14.4. The van der Waals surface area contributed by atoms with Crippen molar-refractivity contribution in [3.8, 4) is 0 Å². The molecule has 30 heavy (non-hydrogen) atoms. The minimum atomic E-state index is -0.145. The van der Waals surface area contributed by atoms with Crippen molar-refractivity contribution in [2.24, 2.45) is 0 Å². The number of nitrogens with zero attached hydrogens (tertiary/aromatic N) is 1. The number of rotatable bonds is 4. The molecule has 1 N–H and O–H groups in total. The molecule has 1 fully saturated rings. The van der Waals surface area contributed by atoms with Gasteiger partial charge in [-0.3, -0.25) is 14.5 Å². The van der Waals surface area contributed by atoms with Crippen LogP contribution in [0.5, 0.6) is 0 Å². The summed E-state index contributed by atoms with van der Waals surface area (Å²) in [4.78, 5) is 27.2. The molecule has 5 heteroatoms. The highest BCUT2D eigenvalue weighted by Gasteiger charge is 2.34. The molecule has 1 aliphatic heterocycles. The minimum Gasteiger partial charge on any atom is -0.322 e. The number of hydrogen-bond donors (Lipinski definition) is 1. The van der Waals surface area contributed by atoms with Crippen molar-refractivity contribution in [2.45, 2.75) is 26.1 Å². The lowest BCUT2D eigenvalue weighted by Gasteiger charge is -2.26. The van der Waals surface area contributed by atoms with Crippen molar-refractivity contribution in [1.82, 2.24) is 0 Å². The third-order valence-corrected chi connectivity index (χ3v) is 6.44. The van der Waals surface area contributed by atoms with Gasteiger partial charge < -0.3 is 5.32 Å². The van der Waals surface area contributed by atoms with Crippen molar-refractivity contribution in [2.75, 3.05) is 16.0 Å². The normalized spacial score (nSPS) is 16.0. The van der Waals surface area contributed by atoms with Crippen molar-refractivity contribution >= 4 is 35.0 Å². The van der Waals surface area contributed by atoms with Crippen molar-refractivity contribution < 1.29 is 9.59 Å².